The van der Waals surface area contributed by atoms with E-state index in [4.69, 9.17) is 5.73 Å². The summed E-state index contributed by atoms with van der Waals surface area (Å²) in [6.45, 7) is 3.90. The van der Waals surface area contributed by atoms with Crippen LogP contribution in [0, 0.1) is 5.82 Å². The third-order valence-electron chi connectivity index (χ3n) is 2.41. The van der Waals surface area contributed by atoms with E-state index in [1.807, 2.05) is 13.8 Å². The molecule has 2 aromatic rings. The Balaban J connectivity index is 0.00000162. The molecule has 0 fully saturated rings. The minimum atomic E-state index is -0.294. The second kappa shape index (κ2) is 5.50. The Morgan fingerprint density at radius 2 is 1.89 bits per heavy atom. The highest BCUT2D eigenvalue weighted by atomic mass is 35.5. The van der Waals surface area contributed by atoms with Crippen LogP contribution in [0.15, 0.2) is 30.5 Å². The van der Waals surface area contributed by atoms with Crippen molar-refractivity contribution in [1.29, 1.82) is 0 Å². The van der Waals surface area contributed by atoms with Gasteiger partial charge < -0.3 is 10.7 Å². The second-order valence-electron chi connectivity index (χ2n) is 4.92. The van der Waals surface area contributed by atoms with Crippen LogP contribution < -0.4 is 5.73 Å². The molecule has 5 heteroatoms. The number of aromatic amines is 1. The third kappa shape index (κ3) is 3.82. The molecular weight excluding hydrogens is 253 g/mol. The summed E-state index contributed by atoms with van der Waals surface area (Å²) >= 11 is 0. The number of hydrogen-bond acceptors (Lipinski definition) is 2. The van der Waals surface area contributed by atoms with Gasteiger partial charge in [-0.2, -0.15) is 0 Å². The minimum absolute atomic E-state index is 0. The molecule has 3 nitrogen and oxygen atoms in total. The van der Waals surface area contributed by atoms with Gasteiger partial charge in [-0.15, -0.1) is 12.4 Å². The van der Waals surface area contributed by atoms with E-state index in [2.05, 4.69) is 9.97 Å². The maximum Gasteiger partial charge on any atom is 0.123 e. The number of imidazole rings is 1. The van der Waals surface area contributed by atoms with Gasteiger partial charge in [0.05, 0.1) is 11.9 Å². The van der Waals surface area contributed by atoms with E-state index in [9.17, 15) is 4.39 Å². The SMILES string of the molecule is CC(C)(N)Cc1ncc(-c2ccc(F)cc2)[nH]1.Cl. The summed E-state index contributed by atoms with van der Waals surface area (Å²) < 4.78 is 12.8. The first-order valence-electron chi connectivity index (χ1n) is 5.53. The van der Waals surface area contributed by atoms with E-state index in [0.717, 1.165) is 17.1 Å². The number of nitrogens with two attached hydrogens (primary N) is 1. The molecule has 3 N–H and O–H groups in total. The Morgan fingerprint density at radius 3 is 2.44 bits per heavy atom. The van der Waals surface area contributed by atoms with E-state index in [1.54, 1.807) is 18.3 Å². The summed E-state index contributed by atoms with van der Waals surface area (Å²) in [4.78, 5) is 7.46. The van der Waals surface area contributed by atoms with Gasteiger partial charge in [0, 0.05) is 12.0 Å². The van der Waals surface area contributed by atoms with Crippen molar-refractivity contribution in [2.45, 2.75) is 25.8 Å². The van der Waals surface area contributed by atoms with Gasteiger partial charge in [-0.05, 0) is 43.7 Å². The largest absolute Gasteiger partial charge is 0.342 e. The van der Waals surface area contributed by atoms with Gasteiger partial charge in [0.25, 0.3) is 0 Å². The first kappa shape index (κ1) is 14.7. The number of halogens is 2. The summed E-state index contributed by atoms with van der Waals surface area (Å²) in [5.74, 6) is 0.605. The highest BCUT2D eigenvalue weighted by Crippen LogP contribution is 2.18. The van der Waals surface area contributed by atoms with Crippen LogP contribution in [0.2, 0.25) is 0 Å². The van der Waals surface area contributed by atoms with Crippen molar-refractivity contribution in [3.05, 3.63) is 42.1 Å². The second-order valence-corrected chi connectivity index (χ2v) is 4.92. The number of nitrogens with one attached hydrogen (secondary N) is 1. The van der Waals surface area contributed by atoms with Gasteiger partial charge in [-0.25, -0.2) is 9.37 Å². The van der Waals surface area contributed by atoms with Gasteiger partial charge in [-0.1, -0.05) is 0 Å². The zero-order valence-corrected chi connectivity index (χ0v) is 11.2. The van der Waals surface area contributed by atoms with Crippen LogP contribution in [0.3, 0.4) is 0 Å². The van der Waals surface area contributed by atoms with Crippen molar-refractivity contribution in [2.24, 2.45) is 5.73 Å². The maximum absolute atomic E-state index is 12.8. The van der Waals surface area contributed by atoms with Crippen molar-refractivity contribution in [1.82, 2.24) is 9.97 Å². The molecule has 0 radical (unpaired) electrons. The van der Waals surface area contributed by atoms with Crippen LogP contribution >= 0.6 is 12.4 Å². The summed E-state index contributed by atoms with van der Waals surface area (Å²) in [6, 6.07) is 6.31. The number of hydrogen-bond donors (Lipinski definition) is 2. The molecule has 0 bridgehead atoms. The standard InChI is InChI=1S/C13H16FN3.ClH/c1-13(2,15)7-12-16-8-11(17-12)9-3-5-10(14)6-4-9;/h3-6,8H,7,15H2,1-2H3,(H,16,17);1H. The number of benzene rings is 1. The van der Waals surface area contributed by atoms with Gasteiger partial charge >= 0.3 is 0 Å². The molecular formula is C13H17ClFN3. The maximum atomic E-state index is 12.8. The number of H-pyrrole nitrogens is 1. The van der Waals surface area contributed by atoms with E-state index in [1.165, 1.54) is 12.1 Å². The lowest BCUT2D eigenvalue weighted by Crippen LogP contribution is -2.34. The van der Waals surface area contributed by atoms with Crippen molar-refractivity contribution in [3.8, 4) is 11.3 Å². The highest BCUT2D eigenvalue weighted by molar-refractivity contribution is 5.85. The Kier molecular flexibility index (Phi) is 4.48. The van der Waals surface area contributed by atoms with Gasteiger partial charge in [0.15, 0.2) is 0 Å². The first-order chi connectivity index (χ1) is 7.94. The molecule has 0 aliphatic carbocycles. The van der Waals surface area contributed by atoms with Crippen LogP contribution in [-0.2, 0) is 6.42 Å². The zero-order valence-electron chi connectivity index (χ0n) is 10.4. The van der Waals surface area contributed by atoms with E-state index in [-0.39, 0.29) is 23.8 Å². The van der Waals surface area contributed by atoms with Crippen LogP contribution in [0.1, 0.15) is 19.7 Å². The quantitative estimate of drug-likeness (QED) is 0.900. The van der Waals surface area contributed by atoms with E-state index < -0.39 is 0 Å². The van der Waals surface area contributed by atoms with Crippen molar-refractivity contribution in [2.75, 3.05) is 0 Å². The zero-order chi connectivity index (χ0) is 12.5. The van der Waals surface area contributed by atoms with Crippen molar-refractivity contribution >= 4 is 12.4 Å². The van der Waals surface area contributed by atoms with Crippen LogP contribution in [-0.4, -0.2) is 15.5 Å². The third-order valence-corrected chi connectivity index (χ3v) is 2.41. The Bertz CT molecular complexity index is 500. The molecule has 1 aromatic heterocycles. The molecule has 1 aromatic carbocycles. The number of rotatable bonds is 3. The van der Waals surface area contributed by atoms with E-state index in [0.29, 0.717) is 6.42 Å². The lowest BCUT2D eigenvalue weighted by atomic mass is 10.0. The summed E-state index contributed by atoms with van der Waals surface area (Å²) in [7, 11) is 0. The van der Waals surface area contributed by atoms with Crippen LogP contribution in [0.5, 0.6) is 0 Å². The molecule has 0 saturated carbocycles. The smallest absolute Gasteiger partial charge is 0.123 e. The predicted molar refractivity (Wildman–Crippen MR) is 73.2 cm³/mol. The van der Waals surface area contributed by atoms with Crippen molar-refractivity contribution < 1.29 is 4.39 Å². The summed E-state index contributed by atoms with van der Waals surface area (Å²) in [5.41, 5.74) is 7.43. The van der Waals surface area contributed by atoms with Gasteiger partial charge in [0.1, 0.15) is 11.6 Å². The monoisotopic (exact) mass is 269 g/mol. The lowest BCUT2D eigenvalue weighted by Gasteiger charge is -2.15. The molecule has 0 amide bonds. The predicted octanol–water partition coefficient (Wildman–Crippen LogP) is 2.92. The number of aromatic nitrogens is 2. The van der Waals surface area contributed by atoms with Crippen molar-refractivity contribution in [3.63, 3.8) is 0 Å². The fourth-order valence-corrected chi connectivity index (χ4v) is 1.66. The molecule has 0 spiro atoms. The topological polar surface area (TPSA) is 54.7 Å². The normalized spacial score (nSPS) is 11.1. The fourth-order valence-electron chi connectivity index (χ4n) is 1.66. The van der Waals surface area contributed by atoms with Gasteiger partial charge in [0.2, 0.25) is 0 Å². The highest BCUT2D eigenvalue weighted by Gasteiger charge is 2.14. The molecule has 0 aliphatic rings. The average molecular weight is 270 g/mol. The average Bonchev–Trinajstić information content (AvgIpc) is 2.64. The molecule has 0 atom stereocenters. The van der Waals surface area contributed by atoms with Crippen LogP contribution in [0.4, 0.5) is 4.39 Å². The molecule has 0 aliphatic heterocycles. The Morgan fingerprint density at radius 1 is 1.28 bits per heavy atom. The molecule has 2 rings (SSSR count). The van der Waals surface area contributed by atoms with E-state index >= 15 is 0 Å². The Hall–Kier alpha value is -1.39. The summed E-state index contributed by atoms with van der Waals surface area (Å²) in [5, 5.41) is 0. The molecule has 1 heterocycles. The minimum Gasteiger partial charge on any atom is -0.342 e. The molecule has 18 heavy (non-hydrogen) atoms. The van der Waals surface area contributed by atoms with Crippen LogP contribution in [0.25, 0.3) is 11.3 Å². The van der Waals surface area contributed by atoms with Gasteiger partial charge in [-0.3, -0.25) is 0 Å². The molecule has 98 valence electrons. The number of nitrogens with zero attached hydrogens (tertiary/aromatic N) is 1. The molecule has 0 saturated heterocycles. The first-order valence-corrected chi connectivity index (χ1v) is 5.53. The fraction of sp³-hybridized carbons (Fsp3) is 0.308. The molecule has 0 unspecified atom stereocenters. The Labute approximate surface area is 112 Å². The summed E-state index contributed by atoms with van der Waals surface area (Å²) in [6.07, 6.45) is 2.42. The lowest BCUT2D eigenvalue weighted by molar-refractivity contribution is 0.505.